The van der Waals surface area contributed by atoms with Gasteiger partial charge in [-0.15, -0.1) is 0 Å². The van der Waals surface area contributed by atoms with Crippen molar-refractivity contribution in [1.29, 1.82) is 0 Å². The minimum atomic E-state index is -0.569. The van der Waals surface area contributed by atoms with Crippen LogP contribution in [0.3, 0.4) is 0 Å². The summed E-state index contributed by atoms with van der Waals surface area (Å²) in [5, 5.41) is 3.38. The lowest BCUT2D eigenvalue weighted by Gasteiger charge is -2.11. The molecule has 1 heterocycles. The van der Waals surface area contributed by atoms with Gasteiger partial charge in [0.05, 0.1) is 5.69 Å². The standard InChI is InChI=1S/C25H22N2O3/c1-17-23(27-22-13-6-5-12-21(22)24(17)28)16-30-25(29)26-20-11-7-10-19(15-20)14-18-8-3-2-4-9-18/h2-13,15H,14,16H2,1H3,(H,26,29)(H,27,28). The molecule has 4 aromatic rings. The molecule has 4 rings (SSSR count). The molecule has 2 N–H and O–H groups in total. The largest absolute Gasteiger partial charge is 0.443 e. The first kappa shape index (κ1) is 19.5. The zero-order valence-corrected chi connectivity index (χ0v) is 16.6. The van der Waals surface area contributed by atoms with E-state index in [0.717, 1.165) is 17.5 Å². The quantitative estimate of drug-likeness (QED) is 0.487. The molecular formula is C25H22N2O3. The number of benzene rings is 3. The lowest BCUT2D eigenvalue weighted by atomic mass is 10.0. The molecule has 3 aromatic carbocycles. The van der Waals surface area contributed by atoms with Crippen molar-refractivity contribution in [2.24, 2.45) is 0 Å². The number of aromatic amines is 1. The summed E-state index contributed by atoms with van der Waals surface area (Å²) in [7, 11) is 0. The zero-order chi connectivity index (χ0) is 20.9. The Morgan fingerprint density at radius 2 is 1.67 bits per heavy atom. The molecular weight excluding hydrogens is 376 g/mol. The van der Waals surface area contributed by atoms with Crippen molar-refractivity contribution in [3.05, 3.63) is 111 Å². The molecule has 30 heavy (non-hydrogen) atoms. The average molecular weight is 398 g/mol. The molecule has 0 aliphatic heterocycles. The van der Waals surface area contributed by atoms with Crippen molar-refractivity contribution in [2.45, 2.75) is 20.0 Å². The van der Waals surface area contributed by atoms with E-state index in [0.29, 0.717) is 22.3 Å². The Morgan fingerprint density at radius 1 is 0.933 bits per heavy atom. The molecule has 0 saturated heterocycles. The first-order chi connectivity index (χ1) is 14.6. The number of carbonyl (C=O) groups excluding carboxylic acids is 1. The minimum Gasteiger partial charge on any atom is -0.443 e. The second-order valence-electron chi connectivity index (χ2n) is 7.17. The van der Waals surface area contributed by atoms with Crippen molar-refractivity contribution in [3.8, 4) is 0 Å². The van der Waals surface area contributed by atoms with Gasteiger partial charge >= 0.3 is 6.09 Å². The van der Waals surface area contributed by atoms with Gasteiger partial charge in [-0.2, -0.15) is 0 Å². The smallest absolute Gasteiger partial charge is 0.412 e. The van der Waals surface area contributed by atoms with E-state index in [2.05, 4.69) is 22.4 Å². The number of fused-ring (bicyclic) bond motifs is 1. The second-order valence-corrected chi connectivity index (χ2v) is 7.17. The number of anilines is 1. The molecule has 5 heteroatoms. The van der Waals surface area contributed by atoms with Crippen molar-refractivity contribution >= 4 is 22.7 Å². The maximum absolute atomic E-state index is 12.5. The van der Waals surface area contributed by atoms with Gasteiger partial charge in [0.2, 0.25) is 0 Å². The number of ether oxygens (including phenoxy) is 1. The van der Waals surface area contributed by atoms with Gasteiger partial charge in [-0.3, -0.25) is 10.1 Å². The predicted molar refractivity (Wildman–Crippen MR) is 119 cm³/mol. The number of aromatic nitrogens is 1. The van der Waals surface area contributed by atoms with E-state index in [-0.39, 0.29) is 12.0 Å². The van der Waals surface area contributed by atoms with Crippen LogP contribution >= 0.6 is 0 Å². The third-order valence-electron chi connectivity index (χ3n) is 5.02. The Labute approximate surface area is 174 Å². The summed E-state index contributed by atoms with van der Waals surface area (Å²) in [5.41, 5.74) is 4.76. The lowest BCUT2D eigenvalue weighted by molar-refractivity contribution is 0.153. The molecule has 5 nitrogen and oxygen atoms in total. The van der Waals surface area contributed by atoms with Gasteiger partial charge in [0.1, 0.15) is 6.61 Å². The Kier molecular flexibility index (Phi) is 5.61. The van der Waals surface area contributed by atoms with E-state index in [1.54, 1.807) is 13.0 Å². The highest BCUT2D eigenvalue weighted by atomic mass is 16.5. The van der Waals surface area contributed by atoms with Gasteiger partial charge < -0.3 is 9.72 Å². The number of hydrogen-bond donors (Lipinski definition) is 2. The van der Waals surface area contributed by atoms with E-state index >= 15 is 0 Å². The van der Waals surface area contributed by atoms with Gasteiger partial charge in [-0.1, -0.05) is 54.6 Å². The van der Waals surface area contributed by atoms with Crippen molar-refractivity contribution in [2.75, 3.05) is 5.32 Å². The van der Waals surface area contributed by atoms with E-state index in [1.165, 1.54) is 5.56 Å². The summed E-state index contributed by atoms with van der Waals surface area (Å²) in [4.78, 5) is 28.0. The van der Waals surface area contributed by atoms with Gasteiger partial charge in [-0.25, -0.2) is 4.79 Å². The number of amides is 1. The van der Waals surface area contributed by atoms with E-state index in [4.69, 9.17) is 4.74 Å². The van der Waals surface area contributed by atoms with Crippen molar-refractivity contribution < 1.29 is 9.53 Å². The van der Waals surface area contributed by atoms with Gasteiger partial charge in [0.25, 0.3) is 0 Å². The fraction of sp³-hybridized carbons (Fsp3) is 0.120. The summed E-state index contributed by atoms with van der Waals surface area (Å²) in [5.74, 6) is 0. The fourth-order valence-electron chi connectivity index (χ4n) is 3.41. The topological polar surface area (TPSA) is 71.2 Å². The number of rotatable bonds is 5. The number of para-hydroxylation sites is 1. The maximum atomic E-state index is 12.5. The average Bonchev–Trinajstić information content (AvgIpc) is 2.76. The Balaban J connectivity index is 1.42. The summed E-state index contributed by atoms with van der Waals surface area (Å²) in [6.07, 6.45) is 0.211. The molecule has 0 aliphatic rings. The fourth-order valence-corrected chi connectivity index (χ4v) is 3.41. The molecule has 0 saturated carbocycles. The molecule has 0 fully saturated rings. The highest BCUT2D eigenvalue weighted by Crippen LogP contribution is 2.16. The molecule has 0 bridgehead atoms. The van der Waals surface area contributed by atoms with Crippen molar-refractivity contribution in [3.63, 3.8) is 0 Å². The SMILES string of the molecule is Cc1c(COC(=O)Nc2cccc(Cc3ccccc3)c2)[nH]c2ccccc2c1=O. The summed E-state index contributed by atoms with van der Waals surface area (Å²) < 4.78 is 5.35. The minimum absolute atomic E-state index is 0.0125. The Bertz CT molecular complexity index is 1250. The van der Waals surface area contributed by atoms with Crippen LogP contribution in [0.2, 0.25) is 0 Å². The highest BCUT2D eigenvalue weighted by Gasteiger charge is 2.11. The zero-order valence-electron chi connectivity index (χ0n) is 16.6. The molecule has 0 atom stereocenters. The van der Waals surface area contributed by atoms with E-state index in [9.17, 15) is 9.59 Å². The molecule has 0 unspecified atom stereocenters. The molecule has 0 spiro atoms. The third-order valence-corrected chi connectivity index (χ3v) is 5.02. The monoisotopic (exact) mass is 398 g/mol. The number of carbonyl (C=O) groups is 1. The summed E-state index contributed by atoms with van der Waals surface area (Å²) in [6.45, 7) is 1.72. The number of pyridine rings is 1. The molecule has 150 valence electrons. The molecule has 0 aliphatic carbocycles. The van der Waals surface area contributed by atoms with Gasteiger partial charge in [-0.05, 0) is 48.7 Å². The number of hydrogen-bond acceptors (Lipinski definition) is 3. The first-order valence-electron chi connectivity index (χ1n) is 9.77. The van der Waals surface area contributed by atoms with E-state index in [1.807, 2.05) is 60.7 Å². The molecule has 1 aromatic heterocycles. The second kappa shape index (κ2) is 8.66. The van der Waals surface area contributed by atoms with Crippen molar-refractivity contribution in [1.82, 2.24) is 4.98 Å². The lowest BCUT2D eigenvalue weighted by Crippen LogP contribution is -2.17. The van der Waals surface area contributed by atoms with Gasteiger partial charge in [0.15, 0.2) is 5.43 Å². The van der Waals surface area contributed by atoms with E-state index < -0.39 is 6.09 Å². The van der Waals surface area contributed by atoms with Crippen LogP contribution in [0.25, 0.3) is 10.9 Å². The molecule has 1 amide bonds. The number of nitrogens with one attached hydrogen (secondary N) is 2. The maximum Gasteiger partial charge on any atom is 0.412 e. The van der Waals surface area contributed by atoms with Crippen LogP contribution in [0.4, 0.5) is 10.5 Å². The Morgan fingerprint density at radius 3 is 2.50 bits per heavy atom. The summed E-state index contributed by atoms with van der Waals surface area (Å²) in [6, 6.07) is 25.1. The van der Waals surface area contributed by atoms with Crippen LogP contribution in [-0.4, -0.2) is 11.1 Å². The van der Waals surface area contributed by atoms with Crippen LogP contribution in [0.1, 0.15) is 22.4 Å². The Hall–Kier alpha value is -3.86. The number of H-pyrrole nitrogens is 1. The van der Waals surface area contributed by atoms with Crippen LogP contribution in [0, 0.1) is 6.92 Å². The predicted octanol–water partition coefficient (Wildman–Crippen LogP) is 5.18. The normalized spacial score (nSPS) is 10.7. The van der Waals surface area contributed by atoms with Crippen LogP contribution < -0.4 is 10.7 Å². The third kappa shape index (κ3) is 4.41. The van der Waals surface area contributed by atoms with Crippen LogP contribution in [0.5, 0.6) is 0 Å². The summed E-state index contributed by atoms with van der Waals surface area (Å²) >= 11 is 0. The van der Waals surface area contributed by atoms with Crippen LogP contribution in [-0.2, 0) is 17.8 Å². The van der Waals surface area contributed by atoms with Gasteiger partial charge in [0, 0.05) is 22.2 Å². The molecule has 0 radical (unpaired) electrons. The van der Waals surface area contributed by atoms with Crippen LogP contribution in [0.15, 0.2) is 83.7 Å². The first-order valence-corrected chi connectivity index (χ1v) is 9.77. The highest BCUT2D eigenvalue weighted by molar-refractivity contribution is 5.84.